The van der Waals surface area contributed by atoms with E-state index in [2.05, 4.69) is 4.98 Å². The smallest absolute Gasteiger partial charge is 0.195 e. The van der Waals surface area contributed by atoms with Crippen molar-refractivity contribution in [2.24, 2.45) is 0 Å². The van der Waals surface area contributed by atoms with Gasteiger partial charge in [-0.05, 0) is 42.8 Å². The van der Waals surface area contributed by atoms with Crippen molar-refractivity contribution in [2.45, 2.75) is 6.92 Å². The lowest BCUT2D eigenvalue weighted by atomic mass is 9.92. The van der Waals surface area contributed by atoms with Crippen LogP contribution in [0.5, 0.6) is 5.75 Å². The van der Waals surface area contributed by atoms with E-state index in [1.165, 1.54) is 0 Å². The van der Waals surface area contributed by atoms with Gasteiger partial charge in [-0.1, -0.05) is 48.5 Å². The van der Waals surface area contributed by atoms with Gasteiger partial charge < -0.3 is 4.74 Å². The average molecular weight is 353 g/mol. The molecule has 0 amide bonds. The average Bonchev–Trinajstić information content (AvgIpc) is 2.74. The fourth-order valence-electron chi connectivity index (χ4n) is 3.25. The van der Waals surface area contributed by atoms with E-state index in [0.717, 1.165) is 27.8 Å². The predicted molar refractivity (Wildman–Crippen MR) is 108 cm³/mol. The maximum Gasteiger partial charge on any atom is 0.195 e. The Balaban J connectivity index is 1.87. The number of carbonyl (C=O) groups is 1. The van der Waals surface area contributed by atoms with Crippen molar-refractivity contribution in [1.29, 1.82) is 0 Å². The molecule has 0 spiro atoms. The molecule has 0 unspecified atom stereocenters. The number of ether oxygens (including phenoxy) is 1. The van der Waals surface area contributed by atoms with Crippen LogP contribution in [0, 0.1) is 0 Å². The van der Waals surface area contributed by atoms with Gasteiger partial charge in [0.15, 0.2) is 5.78 Å². The third-order valence-corrected chi connectivity index (χ3v) is 4.51. The molecule has 4 aromatic rings. The first-order valence-corrected chi connectivity index (χ1v) is 8.98. The Morgan fingerprint density at radius 1 is 0.889 bits per heavy atom. The number of nitrogens with zero attached hydrogens (tertiary/aromatic N) is 1. The van der Waals surface area contributed by atoms with E-state index in [4.69, 9.17) is 4.74 Å². The minimum Gasteiger partial charge on any atom is -0.494 e. The fraction of sp³-hybridized carbons (Fsp3) is 0.0833. The van der Waals surface area contributed by atoms with Gasteiger partial charge >= 0.3 is 0 Å². The van der Waals surface area contributed by atoms with Crippen LogP contribution in [0.25, 0.3) is 22.0 Å². The standard InChI is InChI=1S/C24H19NO2/c1-2-27-19-14-12-18(13-15-19)24(26)21-16-25-22-11-7-6-10-20(22)23(21)17-8-4-3-5-9-17/h3-16H,2H2,1H3. The first-order chi connectivity index (χ1) is 13.3. The molecule has 0 N–H and O–H groups in total. The largest absolute Gasteiger partial charge is 0.494 e. The van der Waals surface area contributed by atoms with Crippen LogP contribution in [-0.4, -0.2) is 17.4 Å². The summed E-state index contributed by atoms with van der Waals surface area (Å²) in [6, 6.07) is 25.2. The highest BCUT2D eigenvalue weighted by molar-refractivity contribution is 6.16. The minimum atomic E-state index is -0.0462. The summed E-state index contributed by atoms with van der Waals surface area (Å²) in [4.78, 5) is 17.8. The molecule has 0 bridgehead atoms. The maximum absolute atomic E-state index is 13.3. The Morgan fingerprint density at radius 3 is 2.33 bits per heavy atom. The lowest BCUT2D eigenvalue weighted by molar-refractivity contribution is 0.103. The van der Waals surface area contributed by atoms with Gasteiger partial charge in [-0.15, -0.1) is 0 Å². The first kappa shape index (κ1) is 17.0. The monoisotopic (exact) mass is 353 g/mol. The van der Waals surface area contributed by atoms with Crippen molar-refractivity contribution < 1.29 is 9.53 Å². The van der Waals surface area contributed by atoms with Crippen LogP contribution in [0.4, 0.5) is 0 Å². The maximum atomic E-state index is 13.3. The molecule has 0 saturated heterocycles. The zero-order chi connectivity index (χ0) is 18.6. The number of hydrogen-bond acceptors (Lipinski definition) is 3. The van der Waals surface area contributed by atoms with Gasteiger partial charge in [0.05, 0.1) is 12.1 Å². The fourth-order valence-corrected chi connectivity index (χ4v) is 3.25. The summed E-state index contributed by atoms with van der Waals surface area (Å²) < 4.78 is 5.47. The van der Waals surface area contributed by atoms with Crippen LogP contribution in [0.3, 0.4) is 0 Å². The Kier molecular flexibility index (Phi) is 4.67. The number of pyridine rings is 1. The number of aromatic nitrogens is 1. The topological polar surface area (TPSA) is 39.2 Å². The van der Waals surface area contributed by atoms with E-state index in [0.29, 0.717) is 17.7 Å². The van der Waals surface area contributed by atoms with Crippen LogP contribution in [-0.2, 0) is 0 Å². The third-order valence-electron chi connectivity index (χ3n) is 4.51. The Hall–Kier alpha value is -3.46. The third kappa shape index (κ3) is 3.32. The van der Waals surface area contributed by atoms with Crippen LogP contribution >= 0.6 is 0 Å². The van der Waals surface area contributed by atoms with Gasteiger partial charge in [0.25, 0.3) is 0 Å². The molecule has 0 fully saturated rings. The molecule has 4 rings (SSSR count). The molecule has 0 saturated carbocycles. The molecule has 3 heteroatoms. The Labute approximate surface area is 158 Å². The van der Waals surface area contributed by atoms with Gasteiger partial charge in [0, 0.05) is 28.3 Å². The van der Waals surface area contributed by atoms with E-state index in [1.807, 2.05) is 73.7 Å². The van der Waals surface area contributed by atoms with Crippen molar-refractivity contribution in [2.75, 3.05) is 6.61 Å². The van der Waals surface area contributed by atoms with Crippen LogP contribution in [0.1, 0.15) is 22.8 Å². The van der Waals surface area contributed by atoms with Gasteiger partial charge in [0.2, 0.25) is 0 Å². The summed E-state index contributed by atoms with van der Waals surface area (Å²) in [5.74, 6) is 0.712. The molecular formula is C24H19NO2. The van der Waals surface area contributed by atoms with E-state index in [-0.39, 0.29) is 5.78 Å². The molecular weight excluding hydrogens is 334 g/mol. The van der Waals surface area contributed by atoms with E-state index in [9.17, 15) is 4.79 Å². The highest BCUT2D eigenvalue weighted by atomic mass is 16.5. The number of fused-ring (bicyclic) bond motifs is 1. The molecule has 0 aliphatic carbocycles. The molecule has 3 nitrogen and oxygen atoms in total. The van der Waals surface area contributed by atoms with E-state index >= 15 is 0 Å². The number of benzene rings is 3. The van der Waals surface area contributed by atoms with Gasteiger partial charge in [-0.3, -0.25) is 9.78 Å². The van der Waals surface area contributed by atoms with Crippen molar-refractivity contribution >= 4 is 16.7 Å². The minimum absolute atomic E-state index is 0.0462. The molecule has 0 radical (unpaired) electrons. The summed E-state index contributed by atoms with van der Waals surface area (Å²) in [5.41, 5.74) is 4.02. The molecule has 1 aromatic heterocycles. The predicted octanol–water partition coefficient (Wildman–Crippen LogP) is 5.53. The van der Waals surface area contributed by atoms with Crippen LogP contribution in [0.15, 0.2) is 85.1 Å². The molecule has 1 heterocycles. The molecule has 0 aliphatic heterocycles. The number of hydrogen-bond donors (Lipinski definition) is 0. The zero-order valence-corrected chi connectivity index (χ0v) is 15.1. The highest BCUT2D eigenvalue weighted by Crippen LogP contribution is 2.32. The van der Waals surface area contributed by atoms with E-state index in [1.54, 1.807) is 18.3 Å². The number of carbonyl (C=O) groups excluding carboxylic acids is 1. The van der Waals surface area contributed by atoms with Crippen molar-refractivity contribution in [3.63, 3.8) is 0 Å². The van der Waals surface area contributed by atoms with Gasteiger partial charge in [-0.25, -0.2) is 0 Å². The highest BCUT2D eigenvalue weighted by Gasteiger charge is 2.18. The summed E-state index contributed by atoms with van der Waals surface area (Å²) >= 11 is 0. The molecule has 0 atom stereocenters. The second kappa shape index (κ2) is 7.42. The van der Waals surface area contributed by atoms with E-state index < -0.39 is 0 Å². The normalized spacial score (nSPS) is 10.7. The second-order valence-corrected chi connectivity index (χ2v) is 6.22. The molecule has 0 aliphatic rings. The Bertz CT molecular complexity index is 1090. The quantitative estimate of drug-likeness (QED) is 0.443. The lowest BCUT2D eigenvalue weighted by Gasteiger charge is -2.13. The van der Waals surface area contributed by atoms with Crippen molar-refractivity contribution in [1.82, 2.24) is 4.98 Å². The number of rotatable bonds is 5. The van der Waals surface area contributed by atoms with Crippen molar-refractivity contribution in [3.8, 4) is 16.9 Å². The second-order valence-electron chi connectivity index (χ2n) is 6.22. The molecule has 3 aromatic carbocycles. The molecule has 132 valence electrons. The lowest BCUT2D eigenvalue weighted by Crippen LogP contribution is -2.05. The SMILES string of the molecule is CCOc1ccc(C(=O)c2cnc3ccccc3c2-c2ccccc2)cc1. The van der Waals surface area contributed by atoms with Gasteiger partial charge in [0.1, 0.15) is 5.75 Å². The number of para-hydroxylation sites is 1. The summed E-state index contributed by atoms with van der Waals surface area (Å²) in [6.45, 7) is 2.53. The van der Waals surface area contributed by atoms with Crippen LogP contribution in [0.2, 0.25) is 0 Å². The van der Waals surface area contributed by atoms with Gasteiger partial charge in [-0.2, -0.15) is 0 Å². The first-order valence-electron chi connectivity index (χ1n) is 8.98. The Morgan fingerprint density at radius 2 is 1.59 bits per heavy atom. The summed E-state index contributed by atoms with van der Waals surface area (Å²) in [7, 11) is 0. The summed E-state index contributed by atoms with van der Waals surface area (Å²) in [6.07, 6.45) is 1.68. The molecule has 27 heavy (non-hydrogen) atoms. The van der Waals surface area contributed by atoms with Crippen molar-refractivity contribution in [3.05, 3.63) is 96.2 Å². The summed E-state index contributed by atoms with van der Waals surface area (Å²) in [5, 5.41) is 0.973. The number of ketones is 1. The van der Waals surface area contributed by atoms with Crippen LogP contribution < -0.4 is 4.74 Å². The zero-order valence-electron chi connectivity index (χ0n) is 15.1.